The van der Waals surface area contributed by atoms with E-state index in [1.807, 2.05) is 19.0 Å². The Kier molecular flexibility index (Phi) is 6.97. The zero-order chi connectivity index (χ0) is 15.0. The molecule has 0 aromatic heterocycles. The number of halogens is 1. The molecule has 0 bridgehead atoms. The van der Waals surface area contributed by atoms with Crippen LogP contribution in [0.1, 0.15) is 11.1 Å². The Morgan fingerprint density at radius 2 is 2.10 bits per heavy atom. The van der Waals surface area contributed by atoms with Crippen molar-refractivity contribution in [1.29, 1.82) is 0 Å². The lowest BCUT2D eigenvalue weighted by atomic mass is 10.1. The molecule has 2 N–H and O–H groups in total. The van der Waals surface area contributed by atoms with E-state index in [1.165, 1.54) is 6.07 Å². The second kappa shape index (κ2) is 8.50. The average Bonchev–Trinajstić information content (AvgIpc) is 2.39. The summed E-state index contributed by atoms with van der Waals surface area (Å²) in [5.41, 5.74) is 1.49. The first kappa shape index (κ1) is 16.4. The van der Waals surface area contributed by atoms with Crippen LogP contribution in [-0.2, 0) is 17.8 Å². The molecule has 1 aromatic carbocycles. The van der Waals surface area contributed by atoms with Gasteiger partial charge >= 0.3 is 6.03 Å². The summed E-state index contributed by atoms with van der Waals surface area (Å²) in [5, 5.41) is 5.37. The molecule has 0 heterocycles. The maximum absolute atomic E-state index is 13.6. The molecule has 2 amide bonds. The number of amides is 2. The fraction of sp³-hybridized carbons (Fsp3) is 0.500. The first-order valence-electron chi connectivity index (χ1n) is 6.45. The number of carbonyl (C=O) groups excluding carboxylic acids is 1. The van der Waals surface area contributed by atoms with Crippen molar-refractivity contribution in [2.45, 2.75) is 13.1 Å². The largest absolute Gasteiger partial charge is 0.383 e. The highest BCUT2D eigenvalue weighted by molar-refractivity contribution is 5.73. The maximum atomic E-state index is 13.6. The van der Waals surface area contributed by atoms with Crippen molar-refractivity contribution < 1.29 is 13.9 Å². The molecule has 0 fully saturated rings. The van der Waals surface area contributed by atoms with Gasteiger partial charge in [-0.05, 0) is 31.8 Å². The summed E-state index contributed by atoms with van der Waals surface area (Å²) in [4.78, 5) is 13.4. The molecule has 0 unspecified atom stereocenters. The van der Waals surface area contributed by atoms with E-state index in [-0.39, 0.29) is 11.8 Å². The minimum atomic E-state index is -0.263. The maximum Gasteiger partial charge on any atom is 0.315 e. The minimum Gasteiger partial charge on any atom is -0.383 e. The molecule has 0 saturated heterocycles. The Hall–Kier alpha value is -1.66. The number of ether oxygens (including phenoxy) is 1. The minimum absolute atomic E-state index is 0.230. The lowest BCUT2D eigenvalue weighted by Crippen LogP contribution is -2.36. The molecule has 1 rings (SSSR count). The fourth-order valence-corrected chi connectivity index (χ4v) is 1.71. The highest BCUT2D eigenvalue weighted by Gasteiger charge is 2.06. The quantitative estimate of drug-likeness (QED) is 0.742. The average molecular weight is 283 g/mol. The number of hydrogen-bond donors (Lipinski definition) is 2. The zero-order valence-corrected chi connectivity index (χ0v) is 12.2. The molecule has 112 valence electrons. The van der Waals surface area contributed by atoms with E-state index in [2.05, 4.69) is 10.6 Å². The Morgan fingerprint density at radius 1 is 1.35 bits per heavy atom. The van der Waals surface area contributed by atoms with Gasteiger partial charge in [-0.2, -0.15) is 0 Å². The van der Waals surface area contributed by atoms with Gasteiger partial charge in [-0.15, -0.1) is 0 Å². The number of rotatable bonds is 7. The van der Waals surface area contributed by atoms with Crippen molar-refractivity contribution in [2.24, 2.45) is 0 Å². The van der Waals surface area contributed by atoms with Crippen LogP contribution in [0.25, 0.3) is 0 Å². The van der Waals surface area contributed by atoms with Crippen molar-refractivity contribution in [3.63, 3.8) is 0 Å². The van der Waals surface area contributed by atoms with Gasteiger partial charge in [0.2, 0.25) is 0 Å². The number of nitrogens with zero attached hydrogens (tertiary/aromatic N) is 1. The van der Waals surface area contributed by atoms with Gasteiger partial charge in [-0.3, -0.25) is 0 Å². The van der Waals surface area contributed by atoms with Gasteiger partial charge in [0, 0.05) is 32.3 Å². The van der Waals surface area contributed by atoms with E-state index < -0.39 is 0 Å². The van der Waals surface area contributed by atoms with Crippen LogP contribution in [-0.4, -0.2) is 45.3 Å². The lowest BCUT2D eigenvalue weighted by Gasteiger charge is -2.12. The molecule has 0 aliphatic rings. The van der Waals surface area contributed by atoms with Gasteiger partial charge in [0.1, 0.15) is 5.82 Å². The third kappa shape index (κ3) is 5.99. The first-order chi connectivity index (χ1) is 9.52. The number of methoxy groups -OCH3 is 1. The van der Waals surface area contributed by atoms with E-state index in [9.17, 15) is 9.18 Å². The predicted octanol–water partition coefficient (Wildman–Crippen LogP) is 1.33. The van der Waals surface area contributed by atoms with E-state index in [0.29, 0.717) is 31.8 Å². The summed E-state index contributed by atoms with van der Waals surface area (Å²) >= 11 is 0. The van der Waals surface area contributed by atoms with Gasteiger partial charge < -0.3 is 20.3 Å². The van der Waals surface area contributed by atoms with Crippen LogP contribution in [0.4, 0.5) is 9.18 Å². The highest BCUT2D eigenvalue weighted by Crippen LogP contribution is 2.12. The van der Waals surface area contributed by atoms with Crippen LogP contribution in [0.5, 0.6) is 0 Å². The van der Waals surface area contributed by atoms with E-state index in [0.717, 1.165) is 5.56 Å². The molecule has 0 spiro atoms. The molecule has 1 aromatic rings. The number of hydrogen-bond acceptors (Lipinski definition) is 3. The summed E-state index contributed by atoms with van der Waals surface area (Å²) in [5.74, 6) is -0.230. The Morgan fingerprint density at radius 3 is 2.75 bits per heavy atom. The molecular formula is C14H22FN3O2. The van der Waals surface area contributed by atoms with Crippen molar-refractivity contribution in [3.8, 4) is 0 Å². The van der Waals surface area contributed by atoms with Crippen LogP contribution in [0, 0.1) is 5.82 Å². The van der Waals surface area contributed by atoms with Crippen molar-refractivity contribution >= 4 is 6.03 Å². The molecule has 0 radical (unpaired) electrons. The van der Waals surface area contributed by atoms with Gasteiger partial charge in [0.15, 0.2) is 0 Å². The monoisotopic (exact) mass is 283 g/mol. The lowest BCUT2D eigenvalue weighted by molar-refractivity contribution is 0.196. The molecule has 0 aliphatic carbocycles. The van der Waals surface area contributed by atoms with Crippen LogP contribution in [0.15, 0.2) is 18.2 Å². The van der Waals surface area contributed by atoms with Crippen molar-refractivity contribution in [3.05, 3.63) is 35.1 Å². The molecule has 0 atom stereocenters. The summed E-state index contributed by atoms with van der Waals surface area (Å²) in [6.45, 7) is 1.81. The molecule has 6 heteroatoms. The second-order valence-corrected chi connectivity index (χ2v) is 4.77. The number of nitrogens with one attached hydrogen (secondary N) is 2. The zero-order valence-electron chi connectivity index (χ0n) is 12.2. The number of carbonyl (C=O) groups is 1. The Labute approximate surface area is 119 Å². The predicted molar refractivity (Wildman–Crippen MR) is 75.9 cm³/mol. The van der Waals surface area contributed by atoms with Crippen molar-refractivity contribution in [2.75, 3.05) is 34.4 Å². The smallest absolute Gasteiger partial charge is 0.315 e. The van der Waals surface area contributed by atoms with Crippen LogP contribution in [0.2, 0.25) is 0 Å². The normalized spacial score (nSPS) is 10.7. The molecular weight excluding hydrogens is 261 g/mol. The van der Waals surface area contributed by atoms with E-state index >= 15 is 0 Å². The first-order valence-corrected chi connectivity index (χ1v) is 6.45. The van der Waals surface area contributed by atoms with Crippen LogP contribution < -0.4 is 10.6 Å². The molecule has 20 heavy (non-hydrogen) atoms. The Bertz CT molecular complexity index is 438. The number of urea groups is 1. The van der Waals surface area contributed by atoms with Gasteiger partial charge in [-0.25, -0.2) is 9.18 Å². The standard InChI is InChI=1S/C14H22FN3O2/c1-18(2)10-12-8-11(4-5-13(12)15)9-17-14(19)16-6-7-20-3/h4-5,8H,6-7,9-10H2,1-3H3,(H2,16,17,19). The SMILES string of the molecule is COCCNC(=O)NCc1ccc(F)c(CN(C)C)c1. The van der Waals surface area contributed by atoms with E-state index in [1.54, 1.807) is 19.2 Å². The third-order valence-electron chi connectivity index (χ3n) is 2.64. The number of benzene rings is 1. The van der Waals surface area contributed by atoms with Crippen LogP contribution in [0.3, 0.4) is 0 Å². The van der Waals surface area contributed by atoms with Gasteiger partial charge in [-0.1, -0.05) is 6.07 Å². The summed E-state index contributed by atoms with van der Waals surface area (Å²) in [6, 6.07) is 4.61. The molecule has 0 aliphatic heterocycles. The Balaban J connectivity index is 2.49. The van der Waals surface area contributed by atoms with Gasteiger partial charge in [0.25, 0.3) is 0 Å². The topological polar surface area (TPSA) is 53.6 Å². The van der Waals surface area contributed by atoms with E-state index in [4.69, 9.17) is 4.74 Å². The molecule has 5 nitrogen and oxygen atoms in total. The summed E-state index contributed by atoms with van der Waals surface area (Å²) < 4.78 is 18.4. The second-order valence-electron chi connectivity index (χ2n) is 4.77. The molecule has 0 saturated carbocycles. The fourth-order valence-electron chi connectivity index (χ4n) is 1.71. The third-order valence-corrected chi connectivity index (χ3v) is 2.64. The van der Waals surface area contributed by atoms with Gasteiger partial charge in [0.05, 0.1) is 6.61 Å². The van der Waals surface area contributed by atoms with Crippen LogP contribution >= 0.6 is 0 Å². The summed E-state index contributed by atoms with van der Waals surface area (Å²) in [6.07, 6.45) is 0. The summed E-state index contributed by atoms with van der Waals surface area (Å²) in [7, 11) is 5.34. The van der Waals surface area contributed by atoms with Crippen molar-refractivity contribution in [1.82, 2.24) is 15.5 Å². The highest BCUT2D eigenvalue weighted by atomic mass is 19.1.